The Labute approximate surface area is 123 Å². The summed E-state index contributed by atoms with van der Waals surface area (Å²) in [4.78, 5) is 0. The van der Waals surface area contributed by atoms with Gasteiger partial charge in [0.2, 0.25) is 0 Å². The molecule has 2 aromatic carbocycles. The van der Waals surface area contributed by atoms with Gasteiger partial charge in [0, 0.05) is 0 Å². The van der Waals surface area contributed by atoms with E-state index in [0.717, 1.165) is 6.07 Å². The molecule has 0 saturated heterocycles. The molecule has 5 heteroatoms. The fourth-order valence-corrected chi connectivity index (χ4v) is 2.32. The summed E-state index contributed by atoms with van der Waals surface area (Å²) < 4.78 is 28.0. The van der Waals surface area contributed by atoms with E-state index in [-0.39, 0.29) is 4.47 Å². The van der Waals surface area contributed by atoms with Crippen LogP contribution < -0.4 is 0 Å². The number of hydrogen-bond donors (Lipinski definition) is 1. The lowest BCUT2D eigenvalue weighted by atomic mass is 9.87. The summed E-state index contributed by atoms with van der Waals surface area (Å²) in [5.41, 5.74) is -1.57. The molecule has 0 radical (unpaired) electrons. The highest BCUT2D eigenvalue weighted by Crippen LogP contribution is 2.35. The SMILES string of the molecule is CC(O)(c1ccc(C#N)cc1)c1c(F)ccc(Br)c1F. The van der Waals surface area contributed by atoms with Crippen LogP contribution in [0.4, 0.5) is 8.78 Å². The monoisotopic (exact) mass is 337 g/mol. The summed E-state index contributed by atoms with van der Waals surface area (Å²) in [5, 5.41) is 19.3. The van der Waals surface area contributed by atoms with Crippen molar-refractivity contribution >= 4 is 15.9 Å². The van der Waals surface area contributed by atoms with E-state index in [1.54, 1.807) is 0 Å². The number of hydrogen-bond acceptors (Lipinski definition) is 2. The lowest BCUT2D eigenvalue weighted by Crippen LogP contribution is -2.26. The van der Waals surface area contributed by atoms with Gasteiger partial charge >= 0.3 is 0 Å². The first-order valence-electron chi connectivity index (χ1n) is 5.75. The smallest absolute Gasteiger partial charge is 0.146 e. The molecule has 0 amide bonds. The Balaban J connectivity index is 2.60. The fourth-order valence-electron chi connectivity index (χ4n) is 1.99. The Morgan fingerprint density at radius 1 is 1.15 bits per heavy atom. The van der Waals surface area contributed by atoms with Gasteiger partial charge in [0.15, 0.2) is 0 Å². The fraction of sp³-hybridized carbons (Fsp3) is 0.133. The summed E-state index contributed by atoms with van der Waals surface area (Å²) in [6, 6.07) is 10.2. The van der Waals surface area contributed by atoms with Crippen molar-refractivity contribution in [1.82, 2.24) is 0 Å². The molecule has 0 aliphatic carbocycles. The van der Waals surface area contributed by atoms with E-state index in [0.29, 0.717) is 11.1 Å². The van der Waals surface area contributed by atoms with Crippen molar-refractivity contribution in [2.75, 3.05) is 0 Å². The van der Waals surface area contributed by atoms with Crippen molar-refractivity contribution in [3.05, 3.63) is 69.2 Å². The van der Waals surface area contributed by atoms with E-state index in [2.05, 4.69) is 15.9 Å². The lowest BCUT2D eigenvalue weighted by molar-refractivity contribution is 0.0932. The molecule has 102 valence electrons. The van der Waals surface area contributed by atoms with E-state index >= 15 is 0 Å². The molecule has 0 spiro atoms. The van der Waals surface area contributed by atoms with Crippen LogP contribution >= 0.6 is 15.9 Å². The molecule has 0 aliphatic rings. The van der Waals surface area contributed by atoms with Gasteiger partial charge < -0.3 is 5.11 Å². The van der Waals surface area contributed by atoms with E-state index in [1.807, 2.05) is 6.07 Å². The molecule has 1 atom stereocenters. The molecule has 0 saturated carbocycles. The van der Waals surface area contributed by atoms with Crippen LogP contribution in [0.15, 0.2) is 40.9 Å². The zero-order chi connectivity index (χ0) is 14.9. The van der Waals surface area contributed by atoms with Gasteiger partial charge in [-0.15, -0.1) is 0 Å². The molecule has 20 heavy (non-hydrogen) atoms. The molecule has 0 aliphatic heterocycles. The van der Waals surface area contributed by atoms with Gasteiger partial charge in [0.1, 0.15) is 17.2 Å². The minimum atomic E-state index is -1.84. The molecule has 1 N–H and O–H groups in total. The molecule has 0 aromatic heterocycles. The molecule has 0 heterocycles. The van der Waals surface area contributed by atoms with Crippen LogP contribution in [-0.4, -0.2) is 5.11 Å². The number of rotatable bonds is 2. The zero-order valence-electron chi connectivity index (χ0n) is 10.5. The van der Waals surface area contributed by atoms with Gasteiger partial charge in [0.25, 0.3) is 0 Å². The minimum absolute atomic E-state index is 0.0721. The second-order valence-electron chi connectivity index (χ2n) is 4.48. The van der Waals surface area contributed by atoms with Crippen LogP contribution in [0.3, 0.4) is 0 Å². The molecule has 0 fully saturated rings. The Morgan fingerprint density at radius 3 is 2.30 bits per heavy atom. The van der Waals surface area contributed by atoms with E-state index < -0.39 is 22.8 Å². The van der Waals surface area contributed by atoms with Crippen molar-refractivity contribution in [2.24, 2.45) is 0 Å². The first-order chi connectivity index (χ1) is 9.37. The highest BCUT2D eigenvalue weighted by atomic mass is 79.9. The second kappa shape index (κ2) is 5.31. The van der Waals surface area contributed by atoms with E-state index in [1.165, 1.54) is 37.3 Å². The van der Waals surface area contributed by atoms with Crippen molar-refractivity contribution in [2.45, 2.75) is 12.5 Å². The van der Waals surface area contributed by atoms with Crippen LogP contribution in [0.1, 0.15) is 23.6 Å². The summed E-state index contributed by atoms with van der Waals surface area (Å²) >= 11 is 2.97. The van der Waals surface area contributed by atoms with Crippen molar-refractivity contribution < 1.29 is 13.9 Å². The summed E-state index contributed by atoms with van der Waals surface area (Å²) in [7, 11) is 0. The third kappa shape index (κ3) is 2.45. The maximum absolute atomic E-state index is 14.1. The molecule has 0 bridgehead atoms. The van der Waals surface area contributed by atoms with Crippen LogP contribution in [0.2, 0.25) is 0 Å². The van der Waals surface area contributed by atoms with Crippen molar-refractivity contribution in [3.8, 4) is 6.07 Å². The Bertz CT molecular complexity index is 690. The number of nitrogens with zero attached hydrogens (tertiary/aromatic N) is 1. The van der Waals surface area contributed by atoms with Gasteiger partial charge in [-0.2, -0.15) is 5.26 Å². The number of benzene rings is 2. The largest absolute Gasteiger partial charge is 0.380 e. The maximum Gasteiger partial charge on any atom is 0.146 e. The van der Waals surface area contributed by atoms with E-state index in [4.69, 9.17) is 5.26 Å². The molecular weight excluding hydrogens is 328 g/mol. The summed E-state index contributed by atoms with van der Waals surface area (Å²) in [6.45, 7) is 1.31. The molecule has 2 rings (SSSR count). The van der Waals surface area contributed by atoms with Gasteiger partial charge in [0.05, 0.1) is 21.7 Å². The van der Waals surface area contributed by atoms with E-state index in [9.17, 15) is 13.9 Å². The first kappa shape index (κ1) is 14.6. The third-order valence-electron chi connectivity index (χ3n) is 3.11. The second-order valence-corrected chi connectivity index (χ2v) is 5.33. The van der Waals surface area contributed by atoms with Crippen molar-refractivity contribution in [1.29, 1.82) is 5.26 Å². The topological polar surface area (TPSA) is 44.0 Å². The Morgan fingerprint density at radius 2 is 1.75 bits per heavy atom. The zero-order valence-corrected chi connectivity index (χ0v) is 12.1. The predicted octanol–water partition coefficient (Wildman–Crippen LogP) is 3.85. The predicted molar refractivity (Wildman–Crippen MR) is 73.9 cm³/mol. The maximum atomic E-state index is 14.1. The number of nitriles is 1. The average molecular weight is 338 g/mol. The van der Waals surface area contributed by atoms with Gasteiger partial charge in [-0.25, -0.2) is 8.78 Å². The van der Waals surface area contributed by atoms with Gasteiger partial charge in [-0.05, 0) is 52.7 Å². The molecule has 2 nitrogen and oxygen atoms in total. The number of aliphatic hydroxyl groups is 1. The lowest BCUT2D eigenvalue weighted by Gasteiger charge is -2.25. The summed E-state index contributed by atoms with van der Waals surface area (Å²) in [6.07, 6.45) is 0. The Hall–Kier alpha value is -1.77. The van der Waals surface area contributed by atoms with Crippen LogP contribution in [0.25, 0.3) is 0 Å². The Kier molecular flexibility index (Phi) is 3.89. The van der Waals surface area contributed by atoms with Crippen LogP contribution in [0.5, 0.6) is 0 Å². The minimum Gasteiger partial charge on any atom is -0.380 e. The highest BCUT2D eigenvalue weighted by molar-refractivity contribution is 9.10. The number of halogens is 3. The van der Waals surface area contributed by atoms with Crippen LogP contribution in [-0.2, 0) is 5.60 Å². The molecule has 2 aromatic rings. The average Bonchev–Trinajstić information content (AvgIpc) is 2.43. The van der Waals surface area contributed by atoms with Crippen molar-refractivity contribution in [3.63, 3.8) is 0 Å². The summed E-state index contributed by atoms with van der Waals surface area (Å²) in [5.74, 6) is -1.68. The first-order valence-corrected chi connectivity index (χ1v) is 6.54. The van der Waals surface area contributed by atoms with Crippen LogP contribution in [0, 0.1) is 23.0 Å². The quantitative estimate of drug-likeness (QED) is 0.846. The standard InChI is InChI=1S/C15H10BrF2NO/c1-15(20,10-4-2-9(8-19)3-5-10)13-12(17)7-6-11(16)14(13)18/h2-7,20H,1H3. The van der Waals surface area contributed by atoms with Gasteiger partial charge in [-0.3, -0.25) is 0 Å². The molecule has 1 unspecified atom stereocenters. The normalized spacial score (nSPS) is 13.6. The van der Waals surface area contributed by atoms with Gasteiger partial charge in [-0.1, -0.05) is 12.1 Å². The molecular formula is C15H10BrF2NO. The highest BCUT2D eigenvalue weighted by Gasteiger charge is 2.33. The third-order valence-corrected chi connectivity index (χ3v) is 3.72.